The molecule has 0 fully saturated rings. The van der Waals surface area contributed by atoms with Gasteiger partial charge in [-0.3, -0.25) is 5.10 Å². The quantitative estimate of drug-likeness (QED) is 0.702. The van der Waals surface area contributed by atoms with E-state index >= 15 is 0 Å². The number of hydrogen-bond acceptors (Lipinski definition) is 4. The number of nitrogens with zero attached hydrogens (tertiary/aromatic N) is 2. The lowest BCUT2D eigenvalue weighted by Gasteiger charge is -2.29. The van der Waals surface area contributed by atoms with Crippen molar-refractivity contribution >= 4 is 29.2 Å². The largest absolute Gasteiger partial charge is 0.444 e. The average Bonchev–Trinajstić information content (AvgIpc) is 3.01. The Bertz CT molecular complexity index is 813. The van der Waals surface area contributed by atoms with Crippen LogP contribution in [0.15, 0.2) is 30.3 Å². The van der Waals surface area contributed by atoms with Crippen LogP contribution in [0.5, 0.6) is 0 Å². The molecular formula is C19H25N5O2S. The van der Waals surface area contributed by atoms with Crippen LogP contribution in [0, 0.1) is 0 Å². The second-order valence-corrected chi connectivity index (χ2v) is 7.88. The van der Waals surface area contributed by atoms with Crippen LogP contribution in [-0.2, 0) is 24.2 Å². The van der Waals surface area contributed by atoms with E-state index in [1.165, 1.54) is 0 Å². The van der Waals surface area contributed by atoms with Gasteiger partial charge in [0.25, 0.3) is 0 Å². The van der Waals surface area contributed by atoms with Crippen molar-refractivity contribution in [3.63, 3.8) is 0 Å². The molecule has 0 saturated heterocycles. The highest BCUT2D eigenvalue weighted by atomic mass is 32.1. The second kappa shape index (κ2) is 7.96. The number of benzene rings is 1. The van der Waals surface area contributed by atoms with Gasteiger partial charge in [-0.15, -0.1) is 0 Å². The summed E-state index contributed by atoms with van der Waals surface area (Å²) in [5.41, 5.74) is 2.60. The third kappa shape index (κ3) is 5.19. The normalized spacial score (nSPS) is 13.7. The SMILES string of the molecule is CC(C)(C)OC(=O)N1CCc2c(NC(=S)NCc3ccccc3)n[nH]c2C1. The number of aromatic amines is 1. The lowest BCUT2D eigenvalue weighted by molar-refractivity contribution is 0.0221. The van der Waals surface area contributed by atoms with Crippen LogP contribution in [-0.4, -0.2) is 38.4 Å². The molecule has 2 aromatic rings. The van der Waals surface area contributed by atoms with Crippen LogP contribution in [0.2, 0.25) is 0 Å². The summed E-state index contributed by atoms with van der Waals surface area (Å²) < 4.78 is 5.44. The Kier molecular flexibility index (Phi) is 5.65. The van der Waals surface area contributed by atoms with E-state index in [9.17, 15) is 4.79 Å². The van der Waals surface area contributed by atoms with Gasteiger partial charge < -0.3 is 20.3 Å². The summed E-state index contributed by atoms with van der Waals surface area (Å²) in [5, 5.41) is 14.2. The molecule has 0 unspecified atom stereocenters. The number of rotatable bonds is 3. The molecule has 3 rings (SSSR count). The number of anilines is 1. The van der Waals surface area contributed by atoms with Gasteiger partial charge in [0, 0.05) is 18.7 Å². The van der Waals surface area contributed by atoms with Crippen molar-refractivity contribution < 1.29 is 9.53 Å². The number of H-pyrrole nitrogens is 1. The van der Waals surface area contributed by atoms with Gasteiger partial charge in [0.15, 0.2) is 10.9 Å². The second-order valence-electron chi connectivity index (χ2n) is 7.47. The van der Waals surface area contributed by atoms with E-state index in [0.717, 1.165) is 16.8 Å². The molecule has 8 heteroatoms. The first-order valence-electron chi connectivity index (χ1n) is 8.94. The zero-order valence-corrected chi connectivity index (χ0v) is 16.7. The third-order valence-electron chi connectivity index (χ3n) is 4.11. The fourth-order valence-corrected chi connectivity index (χ4v) is 3.00. The molecule has 0 radical (unpaired) electrons. The number of amides is 1. The zero-order valence-electron chi connectivity index (χ0n) is 15.8. The van der Waals surface area contributed by atoms with Gasteiger partial charge in [-0.05, 0) is 45.0 Å². The fourth-order valence-electron chi connectivity index (χ4n) is 2.83. The number of ether oxygens (including phenoxy) is 1. The monoisotopic (exact) mass is 387 g/mol. The van der Waals surface area contributed by atoms with Crippen molar-refractivity contribution in [2.45, 2.75) is 45.9 Å². The number of aromatic nitrogens is 2. The maximum absolute atomic E-state index is 12.3. The number of carbonyl (C=O) groups is 1. The van der Waals surface area contributed by atoms with Crippen LogP contribution < -0.4 is 10.6 Å². The van der Waals surface area contributed by atoms with Crippen molar-refractivity contribution in [2.75, 3.05) is 11.9 Å². The predicted molar refractivity (Wildman–Crippen MR) is 108 cm³/mol. The summed E-state index contributed by atoms with van der Waals surface area (Å²) in [6.07, 6.45) is 0.381. The standard InChI is InChI=1S/C19H25N5O2S/c1-19(2,3)26-18(25)24-10-9-14-15(12-24)22-23-16(14)21-17(27)20-11-13-7-5-4-6-8-13/h4-8H,9-12H2,1-3H3,(H3,20,21,22,23,27). The van der Waals surface area contributed by atoms with Crippen molar-refractivity contribution in [3.05, 3.63) is 47.2 Å². The van der Waals surface area contributed by atoms with E-state index in [2.05, 4.69) is 20.8 Å². The van der Waals surface area contributed by atoms with Gasteiger partial charge in [0.05, 0.1) is 12.2 Å². The number of fused-ring (bicyclic) bond motifs is 1. The molecule has 2 heterocycles. The highest BCUT2D eigenvalue weighted by Crippen LogP contribution is 2.24. The minimum atomic E-state index is -0.505. The Balaban J connectivity index is 1.56. The molecule has 0 saturated carbocycles. The van der Waals surface area contributed by atoms with E-state index < -0.39 is 5.60 Å². The molecule has 27 heavy (non-hydrogen) atoms. The summed E-state index contributed by atoms with van der Waals surface area (Å²) >= 11 is 5.37. The van der Waals surface area contributed by atoms with Crippen molar-refractivity contribution in [1.82, 2.24) is 20.4 Å². The zero-order chi connectivity index (χ0) is 19.4. The Hall–Kier alpha value is -2.61. The molecule has 0 atom stereocenters. The van der Waals surface area contributed by atoms with E-state index in [4.69, 9.17) is 17.0 Å². The molecule has 3 N–H and O–H groups in total. The highest BCUT2D eigenvalue weighted by Gasteiger charge is 2.28. The fraction of sp³-hybridized carbons (Fsp3) is 0.421. The van der Waals surface area contributed by atoms with Crippen LogP contribution in [0.4, 0.5) is 10.6 Å². The Morgan fingerprint density at radius 1 is 1.33 bits per heavy atom. The van der Waals surface area contributed by atoms with Gasteiger partial charge in [0.2, 0.25) is 0 Å². The molecule has 144 valence electrons. The lowest BCUT2D eigenvalue weighted by Crippen LogP contribution is -2.40. The topological polar surface area (TPSA) is 82.3 Å². The van der Waals surface area contributed by atoms with E-state index in [1.807, 2.05) is 51.1 Å². The Morgan fingerprint density at radius 2 is 2.07 bits per heavy atom. The van der Waals surface area contributed by atoms with Gasteiger partial charge in [-0.2, -0.15) is 5.10 Å². The van der Waals surface area contributed by atoms with Gasteiger partial charge in [-0.25, -0.2) is 4.79 Å². The van der Waals surface area contributed by atoms with Crippen LogP contribution in [0.1, 0.15) is 37.6 Å². The van der Waals surface area contributed by atoms with Crippen molar-refractivity contribution in [3.8, 4) is 0 Å². The minimum absolute atomic E-state index is 0.308. The first kappa shape index (κ1) is 19.2. The summed E-state index contributed by atoms with van der Waals surface area (Å²) in [5.74, 6) is 0.708. The molecular weight excluding hydrogens is 362 g/mol. The van der Waals surface area contributed by atoms with Crippen LogP contribution >= 0.6 is 12.2 Å². The summed E-state index contributed by atoms with van der Waals surface area (Å²) in [6.45, 7) is 7.26. The molecule has 7 nitrogen and oxygen atoms in total. The van der Waals surface area contributed by atoms with Gasteiger partial charge in [-0.1, -0.05) is 30.3 Å². The average molecular weight is 388 g/mol. The van der Waals surface area contributed by atoms with E-state index in [0.29, 0.717) is 37.0 Å². The number of thiocarbonyl (C=S) groups is 1. The highest BCUT2D eigenvalue weighted by molar-refractivity contribution is 7.80. The summed E-state index contributed by atoms with van der Waals surface area (Å²) in [7, 11) is 0. The minimum Gasteiger partial charge on any atom is -0.444 e. The maximum Gasteiger partial charge on any atom is 0.410 e. The number of nitrogens with one attached hydrogen (secondary N) is 3. The van der Waals surface area contributed by atoms with E-state index in [1.54, 1.807) is 4.90 Å². The molecule has 0 aliphatic carbocycles. The van der Waals surface area contributed by atoms with Gasteiger partial charge >= 0.3 is 6.09 Å². The van der Waals surface area contributed by atoms with E-state index in [-0.39, 0.29) is 6.09 Å². The first-order valence-corrected chi connectivity index (χ1v) is 9.35. The molecule has 1 aliphatic rings. The third-order valence-corrected chi connectivity index (χ3v) is 4.36. The molecule has 1 amide bonds. The lowest BCUT2D eigenvalue weighted by atomic mass is 10.1. The van der Waals surface area contributed by atoms with Crippen LogP contribution in [0.25, 0.3) is 0 Å². The predicted octanol–water partition coefficient (Wildman–Crippen LogP) is 3.19. The van der Waals surface area contributed by atoms with Crippen molar-refractivity contribution in [1.29, 1.82) is 0 Å². The Labute approximate surface area is 164 Å². The molecule has 1 aromatic carbocycles. The summed E-state index contributed by atoms with van der Waals surface area (Å²) in [6, 6.07) is 10.0. The number of hydrogen-bond donors (Lipinski definition) is 3. The van der Waals surface area contributed by atoms with Crippen LogP contribution in [0.3, 0.4) is 0 Å². The first-order chi connectivity index (χ1) is 12.8. The molecule has 0 spiro atoms. The molecule has 1 aromatic heterocycles. The smallest absolute Gasteiger partial charge is 0.410 e. The van der Waals surface area contributed by atoms with Crippen molar-refractivity contribution in [2.24, 2.45) is 0 Å². The Morgan fingerprint density at radius 3 is 2.78 bits per heavy atom. The molecule has 1 aliphatic heterocycles. The maximum atomic E-state index is 12.3. The summed E-state index contributed by atoms with van der Waals surface area (Å²) in [4.78, 5) is 13.9. The molecule has 0 bridgehead atoms. The number of carbonyl (C=O) groups excluding carboxylic acids is 1. The van der Waals surface area contributed by atoms with Gasteiger partial charge in [0.1, 0.15) is 5.60 Å².